The molecule has 3 rings (SSSR count). The van der Waals surface area contributed by atoms with E-state index in [1.54, 1.807) is 11.0 Å². The van der Waals surface area contributed by atoms with Crippen molar-refractivity contribution in [3.8, 4) is 0 Å². The van der Waals surface area contributed by atoms with E-state index in [-0.39, 0.29) is 10.8 Å². The Morgan fingerprint density at radius 3 is 2.70 bits per heavy atom. The summed E-state index contributed by atoms with van der Waals surface area (Å²) in [6.45, 7) is 8.18. The molecule has 1 aliphatic heterocycles. The minimum absolute atomic E-state index is 0.0804. The van der Waals surface area contributed by atoms with Crippen molar-refractivity contribution in [3.05, 3.63) is 52.0 Å². The highest BCUT2D eigenvalue weighted by atomic mass is 79.9. The van der Waals surface area contributed by atoms with Gasteiger partial charge in [0.1, 0.15) is 0 Å². The van der Waals surface area contributed by atoms with E-state index in [0.29, 0.717) is 29.7 Å². The maximum atomic E-state index is 12.9. The second kappa shape index (κ2) is 9.49. The molecule has 162 valence electrons. The molecule has 0 radical (unpaired) electrons. The Bertz CT molecular complexity index is 1040. The molecule has 0 atom stereocenters. The molecule has 1 aliphatic rings. The molecule has 0 saturated carbocycles. The van der Waals surface area contributed by atoms with E-state index >= 15 is 0 Å². The summed E-state index contributed by atoms with van der Waals surface area (Å²) in [6.07, 6.45) is 1.41. The number of anilines is 2. The van der Waals surface area contributed by atoms with Crippen LogP contribution in [0.3, 0.4) is 0 Å². The van der Waals surface area contributed by atoms with Crippen LogP contribution in [-0.4, -0.2) is 40.5 Å². The summed E-state index contributed by atoms with van der Waals surface area (Å²) < 4.78 is 29.0. The van der Waals surface area contributed by atoms with E-state index in [1.807, 2.05) is 12.1 Å². The van der Waals surface area contributed by atoms with Crippen LogP contribution < -0.4 is 14.5 Å². The normalized spacial score (nSPS) is 13.4. The summed E-state index contributed by atoms with van der Waals surface area (Å²) in [5.74, 6) is -0.0804. The predicted molar refractivity (Wildman–Crippen MR) is 125 cm³/mol. The molecule has 0 aromatic heterocycles. The molecule has 1 heterocycles. The second-order valence-electron chi connectivity index (χ2n) is 7.50. The largest absolute Gasteiger partial charge is 0.372 e. The molecule has 30 heavy (non-hydrogen) atoms. The van der Waals surface area contributed by atoms with E-state index in [0.717, 1.165) is 30.8 Å². The van der Waals surface area contributed by atoms with Crippen LogP contribution in [0.1, 0.15) is 31.4 Å². The lowest BCUT2D eigenvalue weighted by atomic mass is 10.2. The molecular formula is C22H28BrN3O3S. The molecule has 1 N–H and O–H groups in total. The number of halogens is 1. The van der Waals surface area contributed by atoms with Crippen LogP contribution in [-0.2, 0) is 21.2 Å². The maximum absolute atomic E-state index is 12.9. The van der Waals surface area contributed by atoms with E-state index in [4.69, 9.17) is 0 Å². The van der Waals surface area contributed by atoms with Crippen molar-refractivity contribution in [2.24, 2.45) is 0 Å². The third kappa shape index (κ3) is 5.04. The van der Waals surface area contributed by atoms with Crippen LogP contribution in [0.4, 0.5) is 11.4 Å². The molecule has 1 amide bonds. The highest BCUT2D eigenvalue weighted by Crippen LogP contribution is 2.35. The van der Waals surface area contributed by atoms with Crippen LogP contribution in [0.5, 0.6) is 0 Å². The molecule has 8 heteroatoms. The fraction of sp³-hybridized carbons (Fsp3) is 0.409. The van der Waals surface area contributed by atoms with Gasteiger partial charge in [-0.1, -0.05) is 12.1 Å². The van der Waals surface area contributed by atoms with Crippen LogP contribution in [0.15, 0.2) is 45.8 Å². The number of rotatable bonds is 8. The number of sulfonamides is 1. The first-order chi connectivity index (χ1) is 14.2. The van der Waals surface area contributed by atoms with Crippen molar-refractivity contribution in [2.75, 3.05) is 36.0 Å². The van der Waals surface area contributed by atoms with Gasteiger partial charge in [-0.25, -0.2) is 13.1 Å². The Morgan fingerprint density at radius 2 is 2.03 bits per heavy atom. The van der Waals surface area contributed by atoms with Crippen molar-refractivity contribution in [1.82, 2.24) is 4.72 Å². The second-order valence-corrected chi connectivity index (χ2v) is 10.1. The third-order valence-electron chi connectivity index (χ3n) is 5.34. The number of amides is 1. The molecule has 0 spiro atoms. The fourth-order valence-corrected chi connectivity index (χ4v) is 5.95. The number of benzene rings is 2. The van der Waals surface area contributed by atoms with Gasteiger partial charge in [0, 0.05) is 49.0 Å². The van der Waals surface area contributed by atoms with Crippen LogP contribution >= 0.6 is 15.9 Å². The van der Waals surface area contributed by atoms with E-state index in [1.165, 1.54) is 12.5 Å². The van der Waals surface area contributed by atoms with Gasteiger partial charge in [-0.3, -0.25) is 4.79 Å². The summed E-state index contributed by atoms with van der Waals surface area (Å²) in [7, 11) is -3.69. The molecule has 0 fully saturated rings. The molecule has 6 nitrogen and oxygen atoms in total. The molecule has 2 aromatic rings. The predicted octanol–water partition coefficient (Wildman–Crippen LogP) is 3.86. The Hall–Kier alpha value is -1.90. The number of hydrogen-bond acceptors (Lipinski definition) is 4. The summed E-state index contributed by atoms with van der Waals surface area (Å²) in [6, 6.07) is 11.7. The number of carbonyl (C=O) groups excluding carboxylic acids is 1. The maximum Gasteiger partial charge on any atom is 0.241 e. The lowest BCUT2D eigenvalue weighted by Crippen LogP contribution is -2.30. The smallest absolute Gasteiger partial charge is 0.241 e. The van der Waals surface area contributed by atoms with E-state index in [9.17, 15) is 13.2 Å². The zero-order chi connectivity index (χ0) is 21.9. The van der Waals surface area contributed by atoms with Crippen LogP contribution in [0.25, 0.3) is 0 Å². The van der Waals surface area contributed by atoms with Crippen molar-refractivity contribution in [2.45, 2.75) is 38.5 Å². The number of aryl methyl sites for hydroxylation is 1. The fourth-order valence-electron chi connectivity index (χ4n) is 3.77. The van der Waals surface area contributed by atoms with Crippen molar-refractivity contribution < 1.29 is 13.2 Å². The lowest BCUT2D eigenvalue weighted by molar-refractivity contribution is -0.116. The van der Waals surface area contributed by atoms with Crippen molar-refractivity contribution in [3.63, 3.8) is 0 Å². The highest BCUT2D eigenvalue weighted by molar-refractivity contribution is 9.10. The zero-order valence-electron chi connectivity index (χ0n) is 17.6. The number of carbonyl (C=O) groups is 1. The monoisotopic (exact) mass is 493 g/mol. The Kier molecular flexibility index (Phi) is 7.21. The molecule has 0 saturated heterocycles. The van der Waals surface area contributed by atoms with Gasteiger partial charge >= 0.3 is 0 Å². The van der Waals surface area contributed by atoms with Crippen LogP contribution in [0, 0.1) is 6.92 Å². The SMILES string of the molecule is CCN(CCCNS(=O)(=O)c1cc2c(cc1Br)CCN2C(C)=O)c1cccc(C)c1. The Balaban J connectivity index is 1.66. The van der Waals surface area contributed by atoms with Gasteiger partial charge in [0.2, 0.25) is 15.9 Å². The standard InChI is InChI=1S/C22H28BrN3O3S/c1-4-25(19-8-5-7-16(2)13-19)11-6-10-24-30(28,29)22-15-21-18(14-20(22)23)9-12-26(21)17(3)27/h5,7-8,13-15,24H,4,6,9-12H2,1-3H3. The van der Waals surface area contributed by atoms with Gasteiger partial charge < -0.3 is 9.80 Å². The van der Waals surface area contributed by atoms with Gasteiger partial charge in [-0.05, 0) is 78.0 Å². The van der Waals surface area contributed by atoms with Crippen molar-refractivity contribution >= 4 is 43.2 Å². The summed E-state index contributed by atoms with van der Waals surface area (Å²) in [5.41, 5.74) is 4.01. The number of fused-ring (bicyclic) bond motifs is 1. The average molecular weight is 494 g/mol. The quantitative estimate of drug-likeness (QED) is 0.566. The van der Waals surface area contributed by atoms with Gasteiger partial charge in [-0.2, -0.15) is 0 Å². The molecule has 2 aromatic carbocycles. The average Bonchev–Trinajstić information content (AvgIpc) is 3.10. The summed E-state index contributed by atoms with van der Waals surface area (Å²) in [5, 5.41) is 0. The first-order valence-electron chi connectivity index (χ1n) is 10.1. The Labute approximate surface area is 187 Å². The van der Waals surface area contributed by atoms with Gasteiger partial charge in [0.15, 0.2) is 0 Å². The molecular weight excluding hydrogens is 466 g/mol. The van der Waals surface area contributed by atoms with Gasteiger partial charge in [0.25, 0.3) is 0 Å². The molecule has 0 bridgehead atoms. The van der Waals surface area contributed by atoms with Gasteiger partial charge in [-0.15, -0.1) is 0 Å². The van der Waals surface area contributed by atoms with Crippen LogP contribution in [0.2, 0.25) is 0 Å². The first kappa shape index (κ1) is 22.8. The minimum Gasteiger partial charge on any atom is -0.372 e. The lowest BCUT2D eigenvalue weighted by Gasteiger charge is -2.23. The summed E-state index contributed by atoms with van der Waals surface area (Å²) in [4.78, 5) is 15.9. The Morgan fingerprint density at radius 1 is 1.27 bits per heavy atom. The molecule has 0 unspecified atom stereocenters. The number of hydrogen-bond donors (Lipinski definition) is 1. The topological polar surface area (TPSA) is 69.7 Å². The molecule has 0 aliphatic carbocycles. The van der Waals surface area contributed by atoms with Gasteiger partial charge in [0.05, 0.1) is 4.90 Å². The number of nitrogens with zero attached hydrogens (tertiary/aromatic N) is 2. The number of nitrogens with one attached hydrogen (secondary N) is 1. The first-order valence-corrected chi connectivity index (χ1v) is 12.4. The van der Waals surface area contributed by atoms with E-state index < -0.39 is 10.0 Å². The summed E-state index contributed by atoms with van der Waals surface area (Å²) >= 11 is 3.39. The third-order valence-corrected chi connectivity index (χ3v) is 7.76. The zero-order valence-corrected chi connectivity index (χ0v) is 20.0. The highest BCUT2D eigenvalue weighted by Gasteiger charge is 2.27. The van der Waals surface area contributed by atoms with Crippen molar-refractivity contribution in [1.29, 1.82) is 0 Å². The van der Waals surface area contributed by atoms with E-state index in [2.05, 4.69) is 57.6 Å². The minimum atomic E-state index is -3.69.